The van der Waals surface area contributed by atoms with E-state index in [9.17, 15) is 18.0 Å². The molecule has 4 nitrogen and oxygen atoms in total. The van der Waals surface area contributed by atoms with E-state index in [1.807, 2.05) is 7.11 Å². The van der Waals surface area contributed by atoms with Gasteiger partial charge in [0.15, 0.2) is 5.78 Å². The van der Waals surface area contributed by atoms with Crippen molar-refractivity contribution in [2.45, 2.75) is 84.4 Å². The van der Waals surface area contributed by atoms with Gasteiger partial charge in [-0.15, -0.1) is 0 Å². The van der Waals surface area contributed by atoms with Gasteiger partial charge < -0.3 is 4.74 Å². The Balaban J connectivity index is 1.34. The van der Waals surface area contributed by atoms with Gasteiger partial charge in [0.2, 0.25) is 0 Å². The Morgan fingerprint density at radius 1 is 1.15 bits per heavy atom. The average Bonchev–Trinajstić information content (AvgIpc) is 3.38. The first-order valence-electron chi connectivity index (χ1n) is 13.2. The van der Waals surface area contributed by atoms with Gasteiger partial charge in [0, 0.05) is 19.2 Å². The fourth-order valence-electron chi connectivity index (χ4n) is 9.21. The lowest BCUT2D eigenvalue weighted by molar-refractivity contribution is -0.154. The molecule has 190 valence electrons. The lowest BCUT2D eigenvalue weighted by Gasteiger charge is -2.61. The molecule has 4 aliphatic carbocycles. The molecule has 1 aromatic heterocycles. The first-order valence-corrected chi connectivity index (χ1v) is 13.2. The molecule has 0 saturated heterocycles. The van der Waals surface area contributed by atoms with Crippen molar-refractivity contribution < 1.29 is 22.7 Å². The summed E-state index contributed by atoms with van der Waals surface area (Å²) in [5.41, 5.74) is -0.559. The van der Waals surface area contributed by atoms with Crippen molar-refractivity contribution in [3.8, 4) is 0 Å². The third kappa shape index (κ3) is 3.84. The molecule has 1 aromatic rings. The molecule has 34 heavy (non-hydrogen) atoms. The molecule has 4 fully saturated rings. The van der Waals surface area contributed by atoms with Gasteiger partial charge in [-0.2, -0.15) is 18.3 Å². The van der Waals surface area contributed by atoms with Crippen molar-refractivity contribution in [3.63, 3.8) is 0 Å². The monoisotopic (exact) mass is 480 g/mol. The number of hydrogen-bond acceptors (Lipinski definition) is 3. The number of Topliss-reactive ketones (excluding diaryl/α,β-unsaturated/α-hetero) is 1. The highest BCUT2D eigenvalue weighted by atomic mass is 19.4. The van der Waals surface area contributed by atoms with Gasteiger partial charge in [-0.3, -0.25) is 9.48 Å². The largest absolute Gasteiger partial charge is 0.419 e. The number of ether oxygens (including phenoxy) is 1. The number of carbonyl (C=O) groups is 1. The molecule has 4 aliphatic rings. The minimum atomic E-state index is -4.43. The number of nitrogens with zero attached hydrogens (tertiary/aromatic N) is 2. The summed E-state index contributed by atoms with van der Waals surface area (Å²) in [5, 5.41) is 3.83. The van der Waals surface area contributed by atoms with Crippen LogP contribution >= 0.6 is 0 Å². The number of alkyl halides is 3. The molecule has 0 bridgehead atoms. The minimum Gasteiger partial charge on any atom is -0.384 e. The van der Waals surface area contributed by atoms with Crippen LogP contribution in [0.3, 0.4) is 0 Å². The summed E-state index contributed by atoms with van der Waals surface area (Å²) in [6.07, 6.45) is 7.84. The van der Waals surface area contributed by atoms with Crippen LogP contribution in [0.2, 0.25) is 0 Å². The van der Waals surface area contributed by atoms with E-state index in [1.165, 1.54) is 36.8 Å². The van der Waals surface area contributed by atoms with Crippen LogP contribution in [-0.4, -0.2) is 29.3 Å². The summed E-state index contributed by atoms with van der Waals surface area (Å²) in [4.78, 5) is 13.4. The smallest absolute Gasteiger partial charge is 0.384 e. The zero-order valence-electron chi connectivity index (χ0n) is 20.7. The third-order valence-electron chi connectivity index (χ3n) is 10.7. The summed E-state index contributed by atoms with van der Waals surface area (Å²) < 4.78 is 45.9. The number of ketones is 1. The number of fused-ring (bicyclic) bond motifs is 5. The molecule has 0 N–H and O–H groups in total. The lowest BCUT2D eigenvalue weighted by Crippen LogP contribution is -2.56. The number of carbonyl (C=O) groups excluding carboxylic acids is 1. The van der Waals surface area contributed by atoms with E-state index in [0.717, 1.165) is 56.5 Å². The summed E-state index contributed by atoms with van der Waals surface area (Å²) in [5.74, 6) is 3.35. The molecule has 1 heterocycles. The maximum atomic E-state index is 13.4. The highest BCUT2D eigenvalue weighted by Crippen LogP contribution is 2.68. The van der Waals surface area contributed by atoms with Gasteiger partial charge in [-0.05, 0) is 91.8 Å². The van der Waals surface area contributed by atoms with Gasteiger partial charge in [-0.1, -0.05) is 20.3 Å². The normalized spacial score (nSPS) is 42.1. The van der Waals surface area contributed by atoms with E-state index in [4.69, 9.17) is 4.74 Å². The van der Waals surface area contributed by atoms with Crippen LogP contribution in [-0.2, 0) is 22.3 Å². The van der Waals surface area contributed by atoms with E-state index in [0.29, 0.717) is 17.8 Å². The average molecular weight is 481 g/mol. The second-order valence-corrected chi connectivity index (χ2v) is 12.3. The first-order chi connectivity index (χ1) is 16.1. The number of hydrogen-bond donors (Lipinski definition) is 0. The van der Waals surface area contributed by atoms with Crippen molar-refractivity contribution >= 4 is 5.78 Å². The highest BCUT2D eigenvalue weighted by Gasteiger charge is 2.62. The van der Waals surface area contributed by atoms with E-state index in [1.54, 1.807) is 0 Å². The van der Waals surface area contributed by atoms with Crippen LogP contribution in [0, 0.1) is 46.3 Å². The minimum absolute atomic E-state index is 0.0482. The van der Waals surface area contributed by atoms with Gasteiger partial charge in [0.1, 0.15) is 0 Å². The maximum absolute atomic E-state index is 13.4. The molecule has 0 spiro atoms. The predicted molar refractivity (Wildman–Crippen MR) is 123 cm³/mol. The standard InChI is InChI=1S/C27H39F3N2O2/c1-17-8-11-26(16-34-3)18(12-17)4-5-20-21-6-7-23(25(21,2)10-9-22(20)26)24(33)15-32-14-19(13-31-32)27(28,29)30/h13-14,17-18,20-23H,4-12,15-16H2,1-3H3. The quantitative estimate of drug-likeness (QED) is 0.490. The first kappa shape index (κ1) is 24.3. The van der Waals surface area contributed by atoms with Crippen molar-refractivity contribution in [2.24, 2.45) is 46.3 Å². The summed E-state index contributed by atoms with van der Waals surface area (Å²) >= 11 is 0. The van der Waals surface area contributed by atoms with Gasteiger partial charge in [-0.25, -0.2) is 0 Å². The molecule has 0 radical (unpaired) electrons. The topological polar surface area (TPSA) is 44.1 Å². The molecule has 4 saturated carbocycles. The summed E-state index contributed by atoms with van der Waals surface area (Å²) in [7, 11) is 1.85. The Kier molecular flexibility index (Phi) is 6.18. The van der Waals surface area contributed by atoms with E-state index < -0.39 is 11.7 Å². The Labute approximate surface area is 201 Å². The Hall–Kier alpha value is -1.37. The summed E-state index contributed by atoms with van der Waals surface area (Å²) in [6.45, 7) is 5.49. The lowest BCUT2D eigenvalue weighted by atomic mass is 9.44. The van der Waals surface area contributed by atoms with Crippen LogP contribution < -0.4 is 0 Å². The highest BCUT2D eigenvalue weighted by molar-refractivity contribution is 5.82. The summed E-state index contributed by atoms with van der Waals surface area (Å²) in [6, 6.07) is 0. The molecule has 5 rings (SSSR count). The molecule has 0 aromatic carbocycles. The number of methoxy groups -OCH3 is 1. The van der Waals surface area contributed by atoms with Crippen LogP contribution in [0.15, 0.2) is 12.4 Å². The number of halogens is 3. The molecular formula is C27H39F3N2O2. The fraction of sp³-hybridized carbons (Fsp3) is 0.852. The van der Waals surface area contributed by atoms with Gasteiger partial charge in [0.25, 0.3) is 0 Å². The van der Waals surface area contributed by atoms with Crippen LogP contribution in [0.1, 0.15) is 77.2 Å². The van der Waals surface area contributed by atoms with E-state index in [-0.39, 0.29) is 29.1 Å². The molecule has 0 amide bonds. The second-order valence-electron chi connectivity index (χ2n) is 12.3. The molecule has 8 atom stereocenters. The Morgan fingerprint density at radius 2 is 1.94 bits per heavy atom. The van der Waals surface area contributed by atoms with E-state index >= 15 is 0 Å². The second kappa shape index (κ2) is 8.63. The van der Waals surface area contributed by atoms with Crippen molar-refractivity contribution in [1.29, 1.82) is 0 Å². The maximum Gasteiger partial charge on any atom is 0.419 e. The third-order valence-corrected chi connectivity index (χ3v) is 10.7. The predicted octanol–water partition coefficient (Wildman–Crippen LogP) is 6.39. The molecule has 0 aliphatic heterocycles. The molecular weight excluding hydrogens is 441 g/mol. The van der Waals surface area contributed by atoms with Crippen LogP contribution in [0.25, 0.3) is 0 Å². The van der Waals surface area contributed by atoms with Crippen molar-refractivity contribution in [2.75, 3.05) is 13.7 Å². The molecule has 8 unspecified atom stereocenters. The SMILES string of the molecule is COCC12CCC(C)CC1CCC1C3CCC(C(=O)Cn4cc(C(F)(F)F)cn4)C3(C)CCC12. The van der Waals surface area contributed by atoms with Gasteiger partial charge >= 0.3 is 6.18 Å². The Bertz CT molecular complexity index is 914. The van der Waals surface area contributed by atoms with Crippen LogP contribution in [0.4, 0.5) is 13.2 Å². The fourth-order valence-corrected chi connectivity index (χ4v) is 9.21. The molecule has 7 heteroatoms. The number of aromatic nitrogens is 2. The number of rotatable bonds is 5. The zero-order chi connectivity index (χ0) is 24.3. The van der Waals surface area contributed by atoms with Crippen LogP contribution in [0.5, 0.6) is 0 Å². The van der Waals surface area contributed by atoms with Crippen molar-refractivity contribution in [3.05, 3.63) is 18.0 Å². The van der Waals surface area contributed by atoms with E-state index in [2.05, 4.69) is 18.9 Å². The van der Waals surface area contributed by atoms with Gasteiger partial charge in [0.05, 0.1) is 24.9 Å². The van der Waals surface area contributed by atoms with Crippen molar-refractivity contribution in [1.82, 2.24) is 9.78 Å². The Morgan fingerprint density at radius 3 is 2.65 bits per heavy atom. The zero-order valence-corrected chi connectivity index (χ0v) is 20.7.